The molecule has 0 aliphatic heterocycles. The smallest absolute Gasteiger partial charge is 0.338 e. The van der Waals surface area contributed by atoms with Crippen LogP contribution in [0.2, 0.25) is 0 Å². The zero-order valence-electron chi connectivity index (χ0n) is 13.4. The van der Waals surface area contributed by atoms with Crippen molar-refractivity contribution in [2.24, 2.45) is 7.05 Å². The van der Waals surface area contributed by atoms with Crippen LogP contribution in [0.15, 0.2) is 37.2 Å². The Kier molecular flexibility index (Phi) is 4.56. The molecule has 26 heavy (non-hydrogen) atoms. The Labute approximate surface area is 144 Å². The lowest BCUT2D eigenvalue weighted by Gasteiger charge is -2.06. The number of carbonyl (C=O) groups excluding carboxylic acids is 1. The Morgan fingerprint density at radius 2 is 1.92 bits per heavy atom. The highest BCUT2D eigenvalue weighted by atomic mass is 19.4. The predicted molar refractivity (Wildman–Crippen MR) is 84.9 cm³/mol. The molecule has 9 nitrogen and oxygen atoms in total. The van der Waals surface area contributed by atoms with Crippen molar-refractivity contribution in [1.29, 1.82) is 0 Å². The number of nitrogens with one attached hydrogen (secondary N) is 2. The molecule has 0 aromatic carbocycles. The Morgan fingerprint density at radius 3 is 2.62 bits per heavy atom. The Hall–Kier alpha value is -3.44. The van der Waals surface area contributed by atoms with Gasteiger partial charge in [-0.2, -0.15) is 23.4 Å². The van der Waals surface area contributed by atoms with E-state index in [1.165, 1.54) is 23.4 Å². The van der Waals surface area contributed by atoms with Gasteiger partial charge in [0.15, 0.2) is 5.82 Å². The quantitative estimate of drug-likeness (QED) is 0.716. The molecule has 0 fully saturated rings. The highest BCUT2D eigenvalue weighted by molar-refractivity contribution is 5.90. The second-order valence-electron chi connectivity index (χ2n) is 5.30. The van der Waals surface area contributed by atoms with Gasteiger partial charge in [0.2, 0.25) is 5.91 Å². The zero-order valence-corrected chi connectivity index (χ0v) is 13.4. The summed E-state index contributed by atoms with van der Waals surface area (Å²) in [4.78, 5) is 19.4. The molecule has 0 bridgehead atoms. The molecule has 3 aromatic rings. The van der Waals surface area contributed by atoms with E-state index in [1.54, 1.807) is 30.2 Å². The maximum atomic E-state index is 12.2. The summed E-state index contributed by atoms with van der Waals surface area (Å²) in [5, 5.41) is 13.2. The van der Waals surface area contributed by atoms with Crippen LogP contribution in [0.25, 0.3) is 5.82 Å². The van der Waals surface area contributed by atoms with Crippen LogP contribution in [-0.2, 0) is 11.8 Å². The summed E-state index contributed by atoms with van der Waals surface area (Å²) in [5.41, 5.74) is 0.845. The molecule has 3 rings (SSSR count). The third kappa shape index (κ3) is 4.55. The summed E-state index contributed by atoms with van der Waals surface area (Å²) in [6.07, 6.45) is 1.12. The number of nitrogens with zero attached hydrogens (tertiary/aromatic N) is 6. The lowest BCUT2D eigenvalue weighted by atomic mass is 10.4. The van der Waals surface area contributed by atoms with Crippen LogP contribution in [0.3, 0.4) is 0 Å². The standard InChI is InChI=1S/C14H13F3N8O/c1-24-6-9(4-20-24)22-11-2-12(19-8-18-11)25-7-10(5-21-25)23-13(26)3-14(15,16)17/h2,4-8H,3H2,1H3,(H,23,26)(H,18,19,22). The van der Waals surface area contributed by atoms with Crippen LogP contribution in [0.4, 0.5) is 30.4 Å². The van der Waals surface area contributed by atoms with Crippen molar-refractivity contribution in [2.45, 2.75) is 12.6 Å². The van der Waals surface area contributed by atoms with Crippen LogP contribution in [0.5, 0.6) is 0 Å². The number of halogens is 3. The average Bonchev–Trinajstić information content (AvgIpc) is 3.15. The Bertz CT molecular complexity index is 917. The van der Waals surface area contributed by atoms with Crippen LogP contribution in [0, 0.1) is 0 Å². The summed E-state index contributed by atoms with van der Waals surface area (Å²) in [7, 11) is 1.77. The molecule has 2 N–H and O–H groups in total. The minimum absolute atomic E-state index is 0.125. The van der Waals surface area contributed by atoms with Gasteiger partial charge in [0.1, 0.15) is 18.6 Å². The first-order valence-electron chi connectivity index (χ1n) is 7.28. The third-order valence-electron chi connectivity index (χ3n) is 3.09. The molecule has 0 unspecified atom stereocenters. The van der Waals surface area contributed by atoms with Gasteiger partial charge in [-0.25, -0.2) is 14.6 Å². The molecule has 3 aromatic heterocycles. The van der Waals surface area contributed by atoms with Gasteiger partial charge in [0.05, 0.1) is 30.0 Å². The number of rotatable bonds is 5. The summed E-state index contributed by atoms with van der Waals surface area (Å²) >= 11 is 0. The normalized spacial score (nSPS) is 11.4. The molecule has 3 heterocycles. The van der Waals surface area contributed by atoms with E-state index in [0.717, 1.165) is 5.69 Å². The van der Waals surface area contributed by atoms with E-state index in [1.807, 2.05) is 0 Å². The maximum absolute atomic E-state index is 12.2. The third-order valence-corrected chi connectivity index (χ3v) is 3.09. The van der Waals surface area contributed by atoms with Crippen LogP contribution in [-0.4, -0.2) is 41.6 Å². The van der Waals surface area contributed by atoms with Crippen molar-refractivity contribution in [3.05, 3.63) is 37.2 Å². The molecular formula is C14H13F3N8O. The summed E-state index contributed by atoms with van der Waals surface area (Å²) < 4.78 is 39.5. The van der Waals surface area contributed by atoms with Gasteiger partial charge < -0.3 is 10.6 Å². The molecule has 1 amide bonds. The number of alkyl halides is 3. The van der Waals surface area contributed by atoms with Gasteiger partial charge in [-0.05, 0) is 0 Å². The number of aromatic nitrogens is 6. The van der Waals surface area contributed by atoms with Crippen molar-refractivity contribution in [2.75, 3.05) is 10.6 Å². The average molecular weight is 366 g/mol. The lowest BCUT2D eigenvalue weighted by Crippen LogP contribution is -2.20. The monoisotopic (exact) mass is 366 g/mol. The molecule has 0 saturated carbocycles. The number of anilines is 3. The largest absolute Gasteiger partial charge is 0.397 e. The topological polar surface area (TPSA) is 103 Å². The summed E-state index contributed by atoms with van der Waals surface area (Å²) in [5.74, 6) is -0.331. The van der Waals surface area contributed by atoms with E-state index in [0.29, 0.717) is 11.6 Å². The van der Waals surface area contributed by atoms with Gasteiger partial charge in [0.25, 0.3) is 0 Å². The number of aryl methyl sites for hydroxylation is 1. The minimum atomic E-state index is -4.57. The first kappa shape index (κ1) is 17.4. The first-order chi connectivity index (χ1) is 12.3. The van der Waals surface area contributed by atoms with Crippen LogP contribution >= 0.6 is 0 Å². The van der Waals surface area contributed by atoms with Crippen molar-refractivity contribution >= 4 is 23.1 Å². The Balaban J connectivity index is 1.71. The molecule has 0 aliphatic rings. The molecule has 136 valence electrons. The van der Waals surface area contributed by atoms with Gasteiger partial charge >= 0.3 is 6.18 Å². The molecule has 0 spiro atoms. The molecular weight excluding hydrogens is 353 g/mol. The summed E-state index contributed by atoms with van der Waals surface area (Å²) in [6, 6.07) is 1.58. The van der Waals surface area contributed by atoms with E-state index in [4.69, 9.17) is 0 Å². The van der Waals surface area contributed by atoms with Crippen molar-refractivity contribution in [3.8, 4) is 5.82 Å². The van der Waals surface area contributed by atoms with Crippen molar-refractivity contribution in [1.82, 2.24) is 29.5 Å². The lowest BCUT2D eigenvalue weighted by molar-refractivity contribution is -0.150. The Morgan fingerprint density at radius 1 is 1.15 bits per heavy atom. The van der Waals surface area contributed by atoms with E-state index in [-0.39, 0.29) is 5.69 Å². The van der Waals surface area contributed by atoms with Crippen LogP contribution in [0.1, 0.15) is 6.42 Å². The van der Waals surface area contributed by atoms with E-state index >= 15 is 0 Å². The van der Waals surface area contributed by atoms with Gasteiger partial charge in [-0.3, -0.25) is 9.48 Å². The SMILES string of the molecule is Cn1cc(Nc2cc(-n3cc(NC(=O)CC(F)(F)F)cn3)ncn2)cn1. The highest BCUT2D eigenvalue weighted by Gasteiger charge is 2.31. The molecule has 0 atom stereocenters. The second kappa shape index (κ2) is 6.82. The highest BCUT2D eigenvalue weighted by Crippen LogP contribution is 2.21. The van der Waals surface area contributed by atoms with E-state index in [9.17, 15) is 18.0 Å². The van der Waals surface area contributed by atoms with Crippen molar-refractivity contribution in [3.63, 3.8) is 0 Å². The zero-order chi connectivity index (χ0) is 18.7. The fourth-order valence-electron chi connectivity index (χ4n) is 2.07. The van der Waals surface area contributed by atoms with E-state index < -0.39 is 18.5 Å². The molecule has 0 aliphatic carbocycles. The minimum Gasteiger partial charge on any atom is -0.338 e. The molecule has 0 radical (unpaired) electrons. The molecule has 12 heteroatoms. The fraction of sp³-hybridized carbons (Fsp3) is 0.214. The van der Waals surface area contributed by atoms with Gasteiger partial charge in [-0.1, -0.05) is 0 Å². The number of carbonyl (C=O) groups is 1. The number of hydrogen-bond acceptors (Lipinski definition) is 6. The predicted octanol–water partition coefficient (Wildman–Crippen LogP) is 2.03. The van der Waals surface area contributed by atoms with Crippen molar-refractivity contribution < 1.29 is 18.0 Å². The van der Waals surface area contributed by atoms with Gasteiger partial charge in [-0.15, -0.1) is 0 Å². The number of amides is 1. The fourth-order valence-corrected chi connectivity index (χ4v) is 2.07. The maximum Gasteiger partial charge on any atom is 0.397 e. The molecule has 0 saturated heterocycles. The van der Waals surface area contributed by atoms with E-state index in [2.05, 4.69) is 30.8 Å². The van der Waals surface area contributed by atoms with Crippen LogP contribution < -0.4 is 10.6 Å². The number of hydrogen-bond donors (Lipinski definition) is 2. The summed E-state index contributed by atoms with van der Waals surface area (Å²) in [6.45, 7) is 0. The van der Waals surface area contributed by atoms with Gasteiger partial charge in [0, 0.05) is 19.3 Å². The second-order valence-corrected chi connectivity index (χ2v) is 5.30. The first-order valence-corrected chi connectivity index (χ1v) is 7.28.